The van der Waals surface area contributed by atoms with Gasteiger partial charge in [0.2, 0.25) is 0 Å². The fourth-order valence-electron chi connectivity index (χ4n) is 7.78. The summed E-state index contributed by atoms with van der Waals surface area (Å²) in [6, 6.07) is 31.8. The molecule has 0 heterocycles. The summed E-state index contributed by atoms with van der Waals surface area (Å²) in [6.45, 7) is 20.7. The molecule has 0 aromatic heterocycles. The van der Waals surface area contributed by atoms with Gasteiger partial charge < -0.3 is 0 Å². The van der Waals surface area contributed by atoms with Crippen molar-refractivity contribution in [1.82, 2.24) is 0 Å². The molecule has 4 heteroatoms. The van der Waals surface area contributed by atoms with E-state index in [1.807, 2.05) is 0 Å². The molecule has 0 fully saturated rings. The SMILES string of the molecule is CC1=Cc2c(-c3ccc(C(C)(C)C)cc3)cccc2[CH]1[Zr]([Cl])([Cl])([CH]1C=Cc2c(-c3ccc(C(C)(C)C)cc3)cccc21)[SiH](C)C. The van der Waals surface area contributed by atoms with Crippen molar-refractivity contribution >= 4 is 35.1 Å². The molecule has 4 aromatic carbocycles. The summed E-state index contributed by atoms with van der Waals surface area (Å²) in [5.74, 6) is -1.56. The molecule has 2 aliphatic carbocycles. The fourth-order valence-corrected chi connectivity index (χ4v) is 37.9. The van der Waals surface area contributed by atoms with Crippen LogP contribution in [0.3, 0.4) is 0 Å². The zero-order valence-electron chi connectivity index (χ0n) is 28.3. The molecule has 0 saturated carbocycles. The van der Waals surface area contributed by atoms with Crippen LogP contribution in [0.15, 0.2) is 96.6 Å². The number of benzene rings is 4. The molecule has 2 atom stereocenters. The standard InChI is InChI=1S/C20H21.C19H19.C2H7Si.2ClH.Zr/c1-14-12-16-6-5-7-18(19(16)13-14)15-8-10-17(11-9-15)20(2,3)4;1-19(2,3)16-12-10-15(11-13-16)18-9-5-7-14-6-4-8-17(14)18;1-3-2;;;/h5-13H,1-4H3;4-13H,1-3H3;3H,1-2H3;2*1H;/q;;;;;+2/p-2. The van der Waals surface area contributed by atoms with E-state index in [-0.39, 0.29) is 18.1 Å². The molecule has 0 saturated heterocycles. The Kier molecular flexibility index (Phi) is 8.30. The molecule has 2 unspecified atom stereocenters. The second kappa shape index (κ2) is 11.3. The minimum atomic E-state index is -4.66. The molecular formula is C41H47Cl2SiZr. The van der Waals surface area contributed by atoms with E-state index in [2.05, 4.69) is 165 Å². The van der Waals surface area contributed by atoms with Crippen molar-refractivity contribution in [3.05, 3.63) is 130 Å². The maximum atomic E-state index is 8.38. The molecule has 0 spiro atoms. The summed E-state index contributed by atoms with van der Waals surface area (Å²) < 4.78 is 0.180. The van der Waals surface area contributed by atoms with E-state index in [1.54, 1.807) is 0 Å². The Morgan fingerprint density at radius 3 is 1.56 bits per heavy atom. The number of rotatable bonds is 5. The van der Waals surface area contributed by atoms with E-state index in [0.29, 0.717) is 0 Å². The first-order valence-electron chi connectivity index (χ1n) is 16.4. The monoisotopic (exact) mass is 727 g/mol. The number of allylic oxidation sites excluding steroid dienone is 2. The van der Waals surface area contributed by atoms with Crippen LogP contribution in [0, 0.1) is 0 Å². The Balaban J connectivity index is 1.44. The zero-order chi connectivity index (χ0) is 32.6. The molecule has 0 radical (unpaired) electrons. The molecule has 0 N–H and O–H groups in total. The van der Waals surface area contributed by atoms with Gasteiger partial charge in [0.15, 0.2) is 0 Å². The quantitative estimate of drug-likeness (QED) is 0.179. The van der Waals surface area contributed by atoms with Crippen LogP contribution in [0.4, 0.5) is 0 Å². The first-order valence-corrected chi connectivity index (χ1v) is 32.7. The van der Waals surface area contributed by atoms with Gasteiger partial charge >= 0.3 is 283 Å². The summed E-state index contributed by atoms with van der Waals surface area (Å²) in [5, 5.41) is 0. The molecule has 45 heavy (non-hydrogen) atoms. The molecule has 233 valence electrons. The average Bonchev–Trinajstić information content (AvgIpc) is 3.58. The van der Waals surface area contributed by atoms with Gasteiger partial charge in [0, 0.05) is 0 Å². The second-order valence-electron chi connectivity index (χ2n) is 15.8. The molecule has 2 aliphatic rings. The van der Waals surface area contributed by atoms with Crippen molar-refractivity contribution in [3.63, 3.8) is 0 Å². The van der Waals surface area contributed by atoms with Crippen LogP contribution in [-0.2, 0) is 26.4 Å². The van der Waals surface area contributed by atoms with Crippen LogP contribution < -0.4 is 0 Å². The van der Waals surface area contributed by atoms with Crippen LogP contribution >= 0.6 is 17.0 Å². The van der Waals surface area contributed by atoms with Crippen molar-refractivity contribution in [3.8, 4) is 22.3 Å². The first kappa shape index (κ1) is 33.0. The number of hydrogen-bond donors (Lipinski definition) is 0. The number of halogens is 2. The van der Waals surface area contributed by atoms with Gasteiger partial charge in [0.25, 0.3) is 0 Å². The normalized spacial score (nSPS) is 18.8. The Morgan fingerprint density at radius 2 is 1.09 bits per heavy atom. The summed E-state index contributed by atoms with van der Waals surface area (Å²) in [4.78, 5) is 0. The summed E-state index contributed by atoms with van der Waals surface area (Å²) in [6.07, 6.45) is 7.11. The zero-order valence-corrected chi connectivity index (χ0v) is 33.4. The molecule has 0 nitrogen and oxygen atoms in total. The van der Waals surface area contributed by atoms with Gasteiger partial charge in [-0.15, -0.1) is 0 Å². The third-order valence-electron chi connectivity index (χ3n) is 10.6. The summed E-state index contributed by atoms with van der Waals surface area (Å²) >= 11 is -4.66. The summed E-state index contributed by atoms with van der Waals surface area (Å²) in [5.41, 5.74) is 14.5. The molecular weight excluding hydrogens is 683 g/mol. The predicted octanol–water partition coefficient (Wildman–Crippen LogP) is 12.8. The van der Waals surface area contributed by atoms with Gasteiger partial charge in [-0.05, 0) is 0 Å². The Morgan fingerprint density at radius 1 is 0.622 bits per heavy atom. The second-order valence-corrected chi connectivity index (χ2v) is 58.4. The van der Waals surface area contributed by atoms with Crippen LogP contribution in [0.25, 0.3) is 34.4 Å². The van der Waals surface area contributed by atoms with E-state index < -0.39 is 21.5 Å². The molecule has 0 amide bonds. The topological polar surface area (TPSA) is 0 Å². The van der Waals surface area contributed by atoms with Crippen LogP contribution in [-0.4, -0.2) is 5.92 Å². The van der Waals surface area contributed by atoms with Crippen LogP contribution in [0.5, 0.6) is 0 Å². The van der Waals surface area contributed by atoms with Gasteiger partial charge in [0.1, 0.15) is 0 Å². The molecule has 4 aromatic rings. The van der Waals surface area contributed by atoms with Crippen LogP contribution in [0.2, 0.25) is 13.1 Å². The fraction of sp³-hybridized carbons (Fsp3) is 0.317. The van der Waals surface area contributed by atoms with Crippen molar-refractivity contribution in [2.75, 3.05) is 0 Å². The third-order valence-corrected chi connectivity index (χ3v) is 62.8. The number of hydrogen-bond acceptors (Lipinski definition) is 0. The van der Waals surface area contributed by atoms with Gasteiger partial charge in [-0.2, -0.15) is 0 Å². The Bertz CT molecular complexity index is 1830. The molecule has 0 bridgehead atoms. The van der Waals surface area contributed by atoms with Crippen LogP contribution in [0.1, 0.15) is 89.1 Å². The van der Waals surface area contributed by atoms with E-state index in [1.165, 1.54) is 61.2 Å². The molecule has 6 rings (SSSR count). The van der Waals surface area contributed by atoms with E-state index in [4.69, 9.17) is 17.0 Å². The predicted molar refractivity (Wildman–Crippen MR) is 200 cm³/mol. The van der Waals surface area contributed by atoms with E-state index >= 15 is 0 Å². The van der Waals surface area contributed by atoms with Gasteiger partial charge in [-0.3, -0.25) is 0 Å². The van der Waals surface area contributed by atoms with Gasteiger partial charge in [0.05, 0.1) is 0 Å². The van der Waals surface area contributed by atoms with E-state index in [0.717, 1.165) is 0 Å². The number of fused-ring (bicyclic) bond motifs is 2. The van der Waals surface area contributed by atoms with E-state index in [9.17, 15) is 0 Å². The average molecular weight is 730 g/mol. The van der Waals surface area contributed by atoms with Gasteiger partial charge in [-0.1, -0.05) is 0 Å². The first-order chi connectivity index (χ1) is 21.0. The van der Waals surface area contributed by atoms with Crippen molar-refractivity contribution < 1.29 is 15.6 Å². The van der Waals surface area contributed by atoms with Crippen molar-refractivity contribution in [2.24, 2.45) is 0 Å². The van der Waals surface area contributed by atoms with Crippen molar-refractivity contribution in [2.45, 2.75) is 79.6 Å². The molecule has 0 aliphatic heterocycles. The Labute approximate surface area is 280 Å². The Hall–Kier alpha value is -1.96. The summed E-state index contributed by atoms with van der Waals surface area (Å²) in [7, 11) is 16.8. The van der Waals surface area contributed by atoms with Crippen molar-refractivity contribution in [1.29, 1.82) is 0 Å². The van der Waals surface area contributed by atoms with Gasteiger partial charge in [-0.25, -0.2) is 0 Å². The maximum absolute atomic E-state index is 8.38. The third kappa shape index (κ3) is 5.47. The minimum absolute atomic E-state index is 0.0827.